The minimum atomic E-state index is -0.717. The number of aryl methyl sites for hydroxylation is 2. The first kappa shape index (κ1) is 14.8. The summed E-state index contributed by atoms with van der Waals surface area (Å²) < 4.78 is 5.98. The van der Waals surface area contributed by atoms with E-state index in [2.05, 4.69) is 76.2 Å². The smallest absolute Gasteiger partial charge is 0.307 e. The maximum Gasteiger partial charge on any atom is 0.307 e. The van der Waals surface area contributed by atoms with E-state index in [1.807, 2.05) is 0 Å². The van der Waals surface area contributed by atoms with E-state index in [0.29, 0.717) is 6.42 Å². The van der Waals surface area contributed by atoms with Gasteiger partial charge in [0.15, 0.2) is 5.60 Å². The van der Waals surface area contributed by atoms with Gasteiger partial charge in [-0.2, -0.15) is 0 Å². The molecule has 0 saturated carbocycles. The first-order valence-electron chi connectivity index (χ1n) is 7.71. The Morgan fingerprint density at radius 1 is 0.818 bits per heavy atom. The molecule has 0 spiro atoms. The molecule has 0 radical (unpaired) electrons. The van der Waals surface area contributed by atoms with Crippen molar-refractivity contribution in [3.8, 4) is 0 Å². The number of hydrogen-bond donors (Lipinski definition) is 0. The third kappa shape index (κ3) is 2.14. The molecule has 0 amide bonds. The molecule has 0 unspecified atom stereocenters. The maximum absolute atomic E-state index is 12.1. The molecule has 1 aliphatic rings. The van der Waals surface area contributed by atoms with Crippen molar-refractivity contribution >= 4 is 5.97 Å². The van der Waals surface area contributed by atoms with Gasteiger partial charge in [0.05, 0.1) is 6.42 Å². The Labute approximate surface area is 132 Å². The van der Waals surface area contributed by atoms with E-state index in [1.165, 1.54) is 11.1 Å². The van der Waals surface area contributed by atoms with Gasteiger partial charge in [-0.3, -0.25) is 4.79 Å². The van der Waals surface area contributed by atoms with Crippen molar-refractivity contribution in [1.82, 2.24) is 0 Å². The lowest BCUT2D eigenvalue weighted by atomic mass is 9.67. The van der Waals surface area contributed by atoms with Gasteiger partial charge in [0.2, 0.25) is 0 Å². The minimum Gasteiger partial charge on any atom is -0.449 e. The summed E-state index contributed by atoms with van der Waals surface area (Å²) in [4.78, 5) is 12.1. The van der Waals surface area contributed by atoms with Crippen LogP contribution >= 0.6 is 0 Å². The van der Waals surface area contributed by atoms with Gasteiger partial charge in [-0.25, -0.2) is 0 Å². The molecule has 2 aromatic carbocycles. The molecule has 114 valence electrons. The number of esters is 1. The number of carbonyl (C=O) groups excluding carboxylic acids is 1. The Kier molecular flexibility index (Phi) is 3.36. The standard InChI is InChI=1S/C20H22O2/c1-14-5-9-16(10-6-14)20(17-11-7-15(2)8-12-17)19(3,4)13-18(21)22-20/h5-12H,13H2,1-4H3. The second kappa shape index (κ2) is 4.98. The molecule has 2 nitrogen and oxygen atoms in total. The minimum absolute atomic E-state index is 0.133. The normalized spacial score (nSPS) is 19.0. The zero-order valence-electron chi connectivity index (χ0n) is 13.6. The van der Waals surface area contributed by atoms with Crippen LogP contribution in [0.2, 0.25) is 0 Å². The van der Waals surface area contributed by atoms with Crippen molar-refractivity contribution < 1.29 is 9.53 Å². The van der Waals surface area contributed by atoms with E-state index >= 15 is 0 Å². The Bertz CT molecular complexity index is 648. The predicted octanol–water partition coefficient (Wildman–Crippen LogP) is 4.52. The third-order valence-electron chi connectivity index (χ3n) is 4.72. The summed E-state index contributed by atoms with van der Waals surface area (Å²) in [6, 6.07) is 16.6. The molecule has 2 aromatic rings. The van der Waals surface area contributed by atoms with Crippen LogP contribution in [-0.2, 0) is 15.1 Å². The van der Waals surface area contributed by atoms with Gasteiger partial charge in [-0.15, -0.1) is 0 Å². The van der Waals surface area contributed by atoms with Gasteiger partial charge in [0, 0.05) is 16.5 Å². The number of benzene rings is 2. The molecule has 1 saturated heterocycles. The fourth-order valence-electron chi connectivity index (χ4n) is 3.47. The van der Waals surface area contributed by atoms with Crippen LogP contribution in [0.1, 0.15) is 42.5 Å². The van der Waals surface area contributed by atoms with Crippen molar-refractivity contribution in [2.24, 2.45) is 5.41 Å². The van der Waals surface area contributed by atoms with Crippen molar-refractivity contribution in [3.05, 3.63) is 70.8 Å². The summed E-state index contributed by atoms with van der Waals surface area (Å²) in [7, 11) is 0. The van der Waals surface area contributed by atoms with Crippen molar-refractivity contribution in [1.29, 1.82) is 0 Å². The zero-order valence-corrected chi connectivity index (χ0v) is 13.6. The van der Waals surface area contributed by atoms with Gasteiger partial charge in [-0.1, -0.05) is 73.5 Å². The zero-order chi connectivity index (χ0) is 16.0. The first-order valence-corrected chi connectivity index (χ1v) is 7.71. The predicted molar refractivity (Wildman–Crippen MR) is 87.6 cm³/mol. The second-order valence-electron chi connectivity index (χ2n) is 6.95. The highest BCUT2D eigenvalue weighted by atomic mass is 16.6. The Morgan fingerprint density at radius 3 is 1.55 bits per heavy atom. The fourth-order valence-corrected chi connectivity index (χ4v) is 3.47. The average molecular weight is 294 g/mol. The van der Waals surface area contributed by atoms with Crippen LogP contribution in [0.5, 0.6) is 0 Å². The van der Waals surface area contributed by atoms with E-state index < -0.39 is 5.60 Å². The Morgan fingerprint density at radius 2 is 1.23 bits per heavy atom. The van der Waals surface area contributed by atoms with Gasteiger partial charge in [0.25, 0.3) is 0 Å². The molecule has 0 aromatic heterocycles. The summed E-state index contributed by atoms with van der Waals surface area (Å²) >= 11 is 0. The SMILES string of the molecule is Cc1ccc(C2(c3ccc(C)cc3)OC(=O)CC2(C)C)cc1. The largest absolute Gasteiger partial charge is 0.449 e. The van der Waals surface area contributed by atoms with Crippen molar-refractivity contribution in [2.75, 3.05) is 0 Å². The third-order valence-corrected chi connectivity index (χ3v) is 4.72. The maximum atomic E-state index is 12.1. The fraction of sp³-hybridized carbons (Fsp3) is 0.350. The van der Waals surface area contributed by atoms with Gasteiger partial charge in [0.1, 0.15) is 0 Å². The summed E-state index contributed by atoms with van der Waals surface area (Å²) in [5.74, 6) is -0.133. The van der Waals surface area contributed by atoms with E-state index in [9.17, 15) is 4.79 Å². The summed E-state index contributed by atoms with van der Waals surface area (Å²) in [5, 5.41) is 0. The monoisotopic (exact) mass is 294 g/mol. The molecule has 3 rings (SSSR count). The number of hydrogen-bond acceptors (Lipinski definition) is 2. The van der Waals surface area contributed by atoms with Crippen LogP contribution < -0.4 is 0 Å². The van der Waals surface area contributed by atoms with E-state index in [4.69, 9.17) is 4.74 Å². The topological polar surface area (TPSA) is 26.3 Å². The molecular weight excluding hydrogens is 272 g/mol. The number of rotatable bonds is 2. The molecule has 1 aliphatic heterocycles. The lowest BCUT2D eigenvalue weighted by Crippen LogP contribution is -2.40. The Balaban J connectivity index is 2.25. The molecule has 0 N–H and O–H groups in total. The molecule has 1 fully saturated rings. The highest BCUT2D eigenvalue weighted by molar-refractivity contribution is 5.75. The van der Waals surface area contributed by atoms with Gasteiger partial charge in [-0.05, 0) is 13.8 Å². The van der Waals surface area contributed by atoms with Gasteiger partial charge >= 0.3 is 5.97 Å². The van der Waals surface area contributed by atoms with Crippen molar-refractivity contribution in [3.63, 3.8) is 0 Å². The summed E-state index contributed by atoms with van der Waals surface area (Å²) in [5.41, 5.74) is 3.46. The van der Waals surface area contributed by atoms with E-state index in [0.717, 1.165) is 11.1 Å². The van der Waals surface area contributed by atoms with Crippen LogP contribution in [0.25, 0.3) is 0 Å². The van der Waals surface area contributed by atoms with Gasteiger partial charge < -0.3 is 4.74 Å². The molecule has 2 heteroatoms. The molecular formula is C20H22O2. The second-order valence-corrected chi connectivity index (χ2v) is 6.95. The summed E-state index contributed by atoms with van der Waals surface area (Å²) in [6.07, 6.45) is 0.425. The average Bonchev–Trinajstić information content (AvgIpc) is 2.70. The number of carbonyl (C=O) groups is 1. The highest BCUT2D eigenvalue weighted by Gasteiger charge is 2.57. The summed E-state index contributed by atoms with van der Waals surface area (Å²) in [6.45, 7) is 8.34. The van der Waals surface area contributed by atoms with E-state index in [1.54, 1.807) is 0 Å². The molecule has 1 heterocycles. The van der Waals surface area contributed by atoms with Crippen LogP contribution in [0.3, 0.4) is 0 Å². The lowest BCUT2D eigenvalue weighted by molar-refractivity contribution is -0.148. The molecule has 0 aliphatic carbocycles. The number of cyclic esters (lactones) is 1. The Hall–Kier alpha value is -2.09. The van der Waals surface area contributed by atoms with Crippen molar-refractivity contribution in [2.45, 2.75) is 39.7 Å². The molecule has 0 atom stereocenters. The highest BCUT2D eigenvalue weighted by Crippen LogP contribution is 2.54. The van der Waals surface area contributed by atoms with Crippen LogP contribution in [0.15, 0.2) is 48.5 Å². The quantitative estimate of drug-likeness (QED) is 0.761. The number of ether oxygens (including phenoxy) is 1. The van der Waals surface area contributed by atoms with Crippen LogP contribution in [0.4, 0.5) is 0 Å². The van der Waals surface area contributed by atoms with E-state index in [-0.39, 0.29) is 11.4 Å². The molecule has 0 bridgehead atoms. The lowest BCUT2D eigenvalue weighted by Gasteiger charge is -2.40. The van der Waals surface area contributed by atoms with Crippen LogP contribution in [0, 0.1) is 19.3 Å². The first-order chi connectivity index (χ1) is 10.3. The van der Waals surface area contributed by atoms with Crippen LogP contribution in [-0.4, -0.2) is 5.97 Å². The molecule has 22 heavy (non-hydrogen) atoms.